The first kappa shape index (κ1) is 22.0. The number of ether oxygens (including phenoxy) is 2. The minimum Gasteiger partial charge on any atom is -0.489 e. The van der Waals surface area contributed by atoms with Crippen LogP contribution >= 0.6 is 0 Å². The van der Waals surface area contributed by atoms with E-state index in [0.717, 1.165) is 12.1 Å². The number of benzene rings is 1. The van der Waals surface area contributed by atoms with Crippen molar-refractivity contribution < 1.29 is 36.9 Å². The fraction of sp³-hybridized carbons (Fsp3) is 0.500. The van der Waals surface area contributed by atoms with Crippen molar-refractivity contribution in [2.24, 2.45) is 0 Å². The zero-order valence-corrected chi connectivity index (χ0v) is 14.8. The van der Waals surface area contributed by atoms with Crippen LogP contribution in [-0.2, 0) is 14.9 Å². The van der Waals surface area contributed by atoms with E-state index < -0.39 is 35.4 Å². The molecule has 0 aromatic heterocycles. The first-order valence-corrected chi connectivity index (χ1v) is 7.89. The minimum atomic E-state index is -5.27. The van der Waals surface area contributed by atoms with Gasteiger partial charge in [0.1, 0.15) is 18.2 Å². The monoisotopic (exact) mass is 378 g/mol. The number of aliphatic hydroxyl groups is 1. The SMILES string of the molecule is C=CCOc1ccc(F)cc1C(C)(C)CC(O)(C(=O)OCC)C(F)(F)F. The van der Waals surface area contributed by atoms with Gasteiger partial charge < -0.3 is 14.6 Å². The minimum absolute atomic E-state index is 0.0517. The molecule has 0 heterocycles. The molecule has 0 bridgehead atoms. The van der Waals surface area contributed by atoms with Crippen LogP contribution in [0.1, 0.15) is 32.8 Å². The number of alkyl halides is 3. The van der Waals surface area contributed by atoms with Crippen molar-refractivity contribution in [3.63, 3.8) is 0 Å². The summed E-state index contributed by atoms with van der Waals surface area (Å²) in [5.41, 5.74) is -5.14. The Balaban J connectivity index is 3.37. The third kappa shape index (κ3) is 4.75. The van der Waals surface area contributed by atoms with Crippen molar-refractivity contribution in [3.05, 3.63) is 42.2 Å². The summed E-state index contributed by atoms with van der Waals surface area (Å²) >= 11 is 0. The van der Waals surface area contributed by atoms with Gasteiger partial charge in [-0.1, -0.05) is 26.5 Å². The van der Waals surface area contributed by atoms with Gasteiger partial charge in [0.05, 0.1) is 6.61 Å². The molecule has 0 saturated heterocycles. The van der Waals surface area contributed by atoms with Crippen molar-refractivity contribution in [1.82, 2.24) is 0 Å². The third-order valence-corrected chi connectivity index (χ3v) is 3.81. The summed E-state index contributed by atoms with van der Waals surface area (Å²) in [5.74, 6) is -2.36. The Morgan fingerprint density at radius 3 is 2.42 bits per heavy atom. The molecule has 0 saturated carbocycles. The lowest BCUT2D eigenvalue weighted by atomic mass is 9.74. The molecule has 1 unspecified atom stereocenters. The largest absolute Gasteiger partial charge is 0.489 e. The highest BCUT2D eigenvalue weighted by Gasteiger charge is 2.62. The second-order valence-electron chi connectivity index (χ2n) is 6.38. The summed E-state index contributed by atoms with van der Waals surface area (Å²) in [6.07, 6.45) is -4.92. The Bertz CT molecular complexity index is 655. The molecule has 4 nitrogen and oxygen atoms in total. The van der Waals surface area contributed by atoms with E-state index in [1.54, 1.807) is 0 Å². The van der Waals surface area contributed by atoms with Crippen molar-refractivity contribution in [3.8, 4) is 5.75 Å². The Morgan fingerprint density at radius 2 is 1.92 bits per heavy atom. The summed E-state index contributed by atoms with van der Waals surface area (Å²) in [6, 6.07) is 3.38. The number of carbonyl (C=O) groups is 1. The van der Waals surface area contributed by atoms with E-state index in [-0.39, 0.29) is 24.5 Å². The standard InChI is InChI=1S/C18H22F4O4/c1-5-9-26-14-8-7-12(19)10-13(14)16(3,4)11-17(24,18(20,21)22)15(23)25-6-2/h5,7-8,10,24H,1,6,9,11H2,2-4H3. The summed E-state index contributed by atoms with van der Waals surface area (Å²) in [6.45, 7) is 7.21. The number of esters is 1. The first-order valence-electron chi connectivity index (χ1n) is 7.89. The Labute approximate surface area is 149 Å². The Morgan fingerprint density at radius 1 is 1.31 bits per heavy atom. The Hall–Kier alpha value is -2.09. The number of hydrogen-bond acceptors (Lipinski definition) is 4. The lowest BCUT2D eigenvalue weighted by Gasteiger charge is -2.36. The maximum absolute atomic E-state index is 13.7. The van der Waals surface area contributed by atoms with Crippen LogP contribution in [0, 0.1) is 5.82 Å². The van der Waals surface area contributed by atoms with Gasteiger partial charge >= 0.3 is 12.1 Å². The van der Waals surface area contributed by atoms with Crippen LogP contribution in [0.15, 0.2) is 30.9 Å². The maximum Gasteiger partial charge on any atom is 0.428 e. The number of rotatable bonds is 8. The highest BCUT2D eigenvalue weighted by atomic mass is 19.4. The van der Waals surface area contributed by atoms with Crippen molar-refractivity contribution in [1.29, 1.82) is 0 Å². The molecule has 146 valence electrons. The summed E-state index contributed by atoms with van der Waals surface area (Å²) in [5, 5.41) is 10.1. The second kappa shape index (κ2) is 8.07. The van der Waals surface area contributed by atoms with Crippen LogP contribution in [0.3, 0.4) is 0 Å². The molecular formula is C18H22F4O4. The van der Waals surface area contributed by atoms with E-state index in [1.165, 1.54) is 32.9 Å². The van der Waals surface area contributed by atoms with Gasteiger partial charge in [0.25, 0.3) is 5.60 Å². The van der Waals surface area contributed by atoms with E-state index in [0.29, 0.717) is 0 Å². The van der Waals surface area contributed by atoms with E-state index in [9.17, 15) is 27.5 Å². The molecular weight excluding hydrogens is 356 g/mol. The van der Waals surface area contributed by atoms with Gasteiger partial charge in [-0.25, -0.2) is 9.18 Å². The molecule has 0 aliphatic carbocycles. The average Bonchev–Trinajstić information content (AvgIpc) is 2.52. The molecule has 8 heteroatoms. The molecule has 0 spiro atoms. The summed E-state index contributed by atoms with van der Waals surface area (Å²) < 4.78 is 63.8. The summed E-state index contributed by atoms with van der Waals surface area (Å²) in [7, 11) is 0. The predicted octanol–water partition coefficient (Wildman–Crippen LogP) is 3.91. The van der Waals surface area contributed by atoms with E-state index in [4.69, 9.17) is 4.74 Å². The molecule has 1 rings (SSSR count). The van der Waals surface area contributed by atoms with Crippen molar-refractivity contribution >= 4 is 5.97 Å². The topological polar surface area (TPSA) is 55.8 Å². The van der Waals surface area contributed by atoms with Gasteiger partial charge in [0, 0.05) is 12.0 Å². The third-order valence-electron chi connectivity index (χ3n) is 3.81. The molecule has 1 N–H and O–H groups in total. The van der Waals surface area contributed by atoms with Crippen LogP contribution in [0.25, 0.3) is 0 Å². The Kier molecular flexibility index (Phi) is 6.82. The molecule has 0 fully saturated rings. The molecule has 0 amide bonds. The van der Waals surface area contributed by atoms with Gasteiger partial charge in [-0.3, -0.25) is 0 Å². The van der Waals surface area contributed by atoms with E-state index >= 15 is 0 Å². The fourth-order valence-electron chi connectivity index (χ4n) is 2.58. The lowest BCUT2D eigenvalue weighted by molar-refractivity contribution is -0.267. The van der Waals surface area contributed by atoms with Crippen LogP contribution < -0.4 is 4.74 Å². The molecule has 1 atom stereocenters. The smallest absolute Gasteiger partial charge is 0.428 e. The number of carbonyl (C=O) groups excluding carboxylic acids is 1. The van der Waals surface area contributed by atoms with Gasteiger partial charge in [-0.15, -0.1) is 0 Å². The lowest BCUT2D eigenvalue weighted by Crippen LogP contribution is -2.55. The molecule has 0 radical (unpaired) electrons. The van der Waals surface area contributed by atoms with Gasteiger partial charge in [0.15, 0.2) is 0 Å². The molecule has 0 aliphatic rings. The van der Waals surface area contributed by atoms with Crippen LogP contribution in [0.2, 0.25) is 0 Å². The maximum atomic E-state index is 13.7. The predicted molar refractivity (Wildman–Crippen MR) is 87.4 cm³/mol. The normalized spacial score (nSPS) is 14.5. The highest BCUT2D eigenvalue weighted by molar-refractivity contribution is 5.80. The van der Waals surface area contributed by atoms with Gasteiger partial charge in [0.2, 0.25) is 0 Å². The fourth-order valence-corrected chi connectivity index (χ4v) is 2.58. The quantitative estimate of drug-likeness (QED) is 0.423. The zero-order valence-electron chi connectivity index (χ0n) is 14.8. The molecule has 1 aromatic carbocycles. The van der Waals surface area contributed by atoms with E-state index in [2.05, 4.69) is 11.3 Å². The van der Waals surface area contributed by atoms with Crippen molar-refractivity contribution in [2.45, 2.75) is 44.4 Å². The van der Waals surface area contributed by atoms with Crippen LogP contribution in [-0.4, -0.2) is 36.1 Å². The number of halogens is 4. The molecule has 0 aliphatic heterocycles. The zero-order chi connectivity index (χ0) is 20.2. The summed E-state index contributed by atoms with van der Waals surface area (Å²) in [4.78, 5) is 11.8. The van der Waals surface area contributed by atoms with E-state index in [1.807, 2.05) is 0 Å². The van der Waals surface area contributed by atoms with Gasteiger partial charge in [-0.05, 0) is 30.5 Å². The second-order valence-corrected chi connectivity index (χ2v) is 6.38. The van der Waals surface area contributed by atoms with Crippen molar-refractivity contribution in [2.75, 3.05) is 13.2 Å². The average molecular weight is 378 g/mol. The number of hydrogen-bond donors (Lipinski definition) is 1. The van der Waals surface area contributed by atoms with Gasteiger partial charge in [-0.2, -0.15) is 13.2 Å². The molecule has 26 heavy (non-hydrogen) atoms. The van der Waals surface area contributed by atoms with Crippen LogP contribution in [0.5, 0.6) is 5.75 Å². The van der Waals surface area contributed by atoms with Crippen LogP contribution in [0.4, 0.5) is 17.6 Å². The highest BCUT2D eigenvalue weighted by Crippen LogP contribution is 2.44. The molecule has 1 aromatic rings. The first-order chi connectivity index (χ1) is 11.9.